The summed E-state index contributed by atoms with van der Waals surface area (Å²) in [7, 11) is 0.201. The lowest BCUT2D eigenvalue weighted by molar-refractivity contribution is 0.0445. The van der Waals surface area contributed by atoms with Crippen molar-refractivity contribution in [2.24, 2.45) is 17.3 Å². The summed E-state index contributed by atoms with van der Waals surface area (Å²) in [5.41, 5.74) is 5.56. The quantitative estimate of drug-likeness (QED) is 0.353. The number of halogens is 1. The molecule has 2 fully saturated rings. The van der Waals surface area contributed by atoms with E-state index in [4.69, 9.17) is 0 Å². The second-order valence-corrected chi connectivity index (χ2v) is 12.9. The minimum Gasteiger partial charge on any atom is -0.207 e. The number of benzene rings is 2. The fourth-order valence-electron chi connectivity index (χ4n) is 6.96. The smallest absolute Gasteiger partial charge is 0.123 e. The first-order valence-electron chi connectivity index (χ1n) is 13.5. The molecule has 32 heavy (non-hydrogen) atoms. The summed E-state index contributed by atoms with van der Waals surface area (Å²) < 4.78 is 13.2. The molecular formula is C30H43FSi. The van der Waals surface area contributed by atoms with Gasteiger partial charge in [-0.15, -0.1) is 0 Å². The highest BCUT2D eigenvalue weighted by atomic mass is 28.2. The van der Waals surface area contributed by atoms with Crippen LogP contribution in [0.4, 0.5) is 4.39 Å². The number of hydrogen-bond donors (Lipinski definition) is 0. The minimum absolute atomic E-state index is 0.170. The Bertz CT molecular complexity index is 809. The number of aryl methyl sites for hydroxylation is 1. The summed E-state index contributed by atoms with van der Waals surface area (Å²) in [6, 6.07) is 15.8. The van der Waals surface area contributed by atoms with Crippen molar-refractivity contribution in [3.05, 3.63) is 59.9 Å². The first-order chi connectivity index (χ1) is 15.6. The van der Waals surface area contributed by atoms with Gasteiger partial charge < -0.3 is 0 Å². The molecule has 0 aromatic heterocycles. The van der Waals surface area contributed by atoms with Crippen molar-refractivity contribution in [2.75, 3.05) is 0 Å². The summed E-state index contributed by atoms with van der Waals surface area (Å²) in [4.78, 5) is 0. The highest BCUT2D eigenvalue weighted by molar-refractivity contribution is 6.35. The Morgan fingerprint density at radius 1 is 0.844 bits per heavy atom. The third-order valence-electron chi connectivity index (χ3n) is 9.11. The maximum atomic E-state index is 13.2. The van der Waals surface area contributed by atoms with E-state index in [2.05, 4.69) is 37.7 Å². The molecule has 2 aliphatic carbocycles. The molecule has 0 heterocycles. The van der Waals surface area contributed by atoms with Gasteiger partial charge in [0, 0.05) is 9.52 Å². The monoisotopic (exact) mass is 450 g/mol. The van der Waals surface area contributed by atoms with Crippen LogP contribution in [0.25, 0.3) is 11.1 Å². The molecule has 2 saturated carbocycles. The predicted molar refractivity (Wildman–Crippen MR) is 140 cm³/mol. The van der Waals surface area contributed by atoms with Crippen molar-refractivity contribution < 1.29 is 4.39 Å². The standard InChI is InChI=1S/C30H43FSi/c1-3-20-30(21-18-29(32-2)19-22-30)27-14-8-24(9-15-27)5-4-23-6-10-25(11-7-23)26-12-16-28(31)17-13-26/h6-7,10-13,16-17,24,27,29H,3-5,8-9,14-15,18-22,32H2,1-2H3/t24?,27?,29-,30-. The molecule has 2 aromatic carbocycles. The van der Waals surface area contributed by atoms with Crippen LogP contribution in [-0.2, 0) is 6.42 Å². The molecule has 0 aliphatic heterocycles. The molecule has 0 spiro atoms. The fraction of sp³-hybridized carbons (Fsp3) is 0.600. The van der Waals surface area contributed by atoms with Crippen LogP contribution in [0, 0.1) is 23.1 Å². The van der Waals surface area contributed by atoms with E-state index in [-0.39, 0.29) is 15.3 Å². The molecule has 2 heteroatoms. The molecule has 0 unspecified atom stereocenters. The fourth-order valence-corrected chi connectivity index (χ4v) is 8.19. The van der Waals surface area contributed by atoms with Crippen molar-refractivity contribution in [3.63, 3.8) is 0 Å². The van der Waals surface area contributed by atoms with Crippen molar-refractivity contribution in [3.8, 4) is 11.1 Å². The zero-order chi connectivity index (χ0) is 22.4. The average molecular weight is 451 g/mol. The molecule has 0 saturated heterocycles. The van der Waals surface area contributed by atoms with Crippen molar-refractivity contribution >= 4 is 9.52 Å². The van der Waals surface area contributed by atoms with Gasteiger partial charge in [-0.2, -0.15) is 0 Å². The van der Waals surface area contributed by atoms with E-state index < -0.39 is 0 Å². The van der Waals surface area contributed by atoms with Crippen LogP contribution in [0.2, 0.25) is 12.1 Å². The van der Waals surface area contributed by atoms with Crippen LogP contribution in [0.3, 0.4) is 0 Å². The van der Waals surface area contributed by atoms with Crippen LogP contribution in [0.15, 0.2) is 48.5 Å². The normalized spacial score (nSPS) is 28.9. The Hall–Kier alpha value is -1.41. The Labute approximate surface area is 198 Å². The van der Waals surface area contributed by atoms with Gasteiger partial charge in [0.05, 0.1) is 0 Å². The molecule has 0 amide bonds. The van der Waals surface area contributed by atoms with Gasteiger partial charge >= 0.3 is 0 Å². The van der Waals surface area contributed by atoms with E-state index in [1.54, 1.807) is 37.8 Å². The number of hydrogen-bond acceptors (Lipinski definition) is 0. The summed E-state index contributed by atoms with van der Waals surface area (Å²) >= 11 is 0. The Morgan fingerprint density at radius 2 is 1.44 bits per heavy atom. The second kappa shape index (κ2) is 11.1. The van der Waals surface area contributed by atoms with E-state index in [1.165, 1.54) is 62.5 Å². The van der Waals surface area contributed by atoms with Crippen LogP contribution in [0.1, 0.15) is 83.1 Å². The first-order valence-corrected chi connectivity index (χ1v) is 15.7. The molecular weight excluding hydrogens is 407 g/mol. The van der Waals surface area contributed by atoms with E-state index >= 15 is 0 Å². The van der Waals surface area contributed by atoms with Gasteiger partial charge in [-0.3, -0.25) is 0 Å². The second-order valence-electron chi connectivity index (χ2n) is 10.9. The van der Waals surface area contributed by atoms with Crippen LogP contribution >= 0.6 is 0 Å². The lowest BCUT2D eigenvalue weighted by atomic mass is 9.58. The van der Waals surface area contributed by atoms with Gasteiger partial charge in [-0.05, 0) is 91.0 Å². The van der Waals surface area contributed by atoms with Gasteiger partial charge in [0.25, 0.3) is 0 Å². The summed E-state index contributed by atoms with van der Waals surface area (Å²) in [6.07, 6.45) is 17.5. The van der Waals surface area contributed by atoms with Gasteiger partial charge in [0.15, 0.2) is 0 Å². The molecule has 0 radical (unpaired) electrons. The summed E-state index contributed by atoms with van der Waals surface area (Å²) in [6.45, 7) is 4.94. The van der Waals surface area contributed by atoms with E-state index in [1.807, 2.05) is 12.1 Å². The molecule has 0 atom stereocenters. The Balaban J connectivity index is 1.26. The predicted octanol–water partition coefficient (Wildman–Crippen LogP) is 8.60. The topological polar surface area (TPSA) is 0 Å². The van der Waals surface area contributed by atoms with E-state index in [0.29, 0.717) is 5.41 Å². The lowest BCUT2D eigenvalue weighted by Gasteiger charge is -2.48. The molecule has 0 bridgehead atoms. The Morgan fingerprint density at radius 3 is 2.00 bits per heavy atom. The SMILES string of the molecule is CCC[C@]1(C2CCC(CCc3ccc(-c4ccc(F)cc4)cc3)CC2)CC[C@H]([SiH2]C)CC1. The van der Waals surface area contributed by atoms with Crippen LogP contribution < -0.4 is 0 Å². The van der Waals surface area contributed by atoms with Gasteiger partial charge in [0.2, 0.25) is 0 Å². The minimum atomic E-state index is -0.170. The third-order valence-corrected chi connectivity index (χ3v) is 11.1. The van der Waals surface area contributed by atoms with E-state index in [0.717, 1.165) is 22.9 Å². The molecule has 2 aromatic rings. The summed E-state index contributed by atoms with van der Waals surface area (Å²) in [5.74, 6) is 1.75. The molecule has 174 valence electrons. The molecule has 0 N–H and O–H groups in total. The zero-order valence-electron chi connectivity index (χ0n) is 20.4. The maximum Gasteiger partial charge on any atom is 0.123 e. The highest BCUT2D eigenvalue weighted by Gasteiger charge is 2.41. The average Bonchev–Trinajstić information content (AvgIpc) is 2.84. The number of rotatable bonds is 8. The van der Waals surface area contributed by atoms with Crippen LogP contribution in [0.5, 0.6) is 0 Å². The lowest BCUT2D eigenvalue weighted by Crippen LogP contribution is -2.37. The molecule has 2 aliphatic rings. The van der Waals surface area contributed by atoms with E-state index in [9.17, 15) is 4.39 Å². The van der Waals surface area contributed by atoms with Gasteiger partial charge in [-0.25, -0.2) is 4.39 Å². The van der Waals surface area contributed by atoms with Gasteiger partial charge in [-0.1, -0.05) is 87.5 Å². The maximum absolute atomic E-state index is 13.2. The van der Waals surface area contributed by atoms with Crippen molar-refractivity contribution in [2.45, 2.75) is 96.1 Å². The van der Waals surface area contributed by atoms with Crippen molar-refractivity contribution in [1.29, 1.82) is 0 Å². The van der Waals surface area contributed by atoms with Crippen LogP contribution in [-0.4, -0.2) is 9.52 Å². The first kappa shape index (κ1) is 23.7. The van der Waals surface area contributed by atoms with Crippen molar-refractivity contribution in [1.82, 2.24) is 0 Å². The molecule has 0 nitrogen and oxygen atoms in total. The zero-order valence-corrected chi connectivity index (χ0v) is 21.8. The Kier molecular flexibility index (Phi) is 8.26. The van der Waals surface area contributed by atoms with Gasteiger partial charge in [0.1, 0.15) is 5.82 Å². The third kappa shape index (κ3) is 5.74. The summed E-state index contributed by atoms with van der Waals surface area (Å²) in [5, 5.41) is 0. The molecule has 4 rings (SSSR count). The largest absolute Gasteiger partial charge is 0.207 e. The highest BCUT2D eigenvalue weighted by Crippen LogP contribution is 2.54.